The number of nitrogens with one attached hydrogen (secondary N) is 1. The van der Waals surface area contributed by atoms with Crippen molar-refractivity contribution in [1.29, 1.82) is 0 Å². The number of imidazole rings is 1. The molecule has 0 aliphatic carbocycles. The van der Waals surface area contributed by atoms with E-state index in [0.29, 0.717) is 32.6 Å². The molecule has 0 radical (unpaired) electrons. The Kier molecular flexibility index (Phi) is 6.25. The number of nitrogens with zero attached hydrogens (tertiary/aromatic N) is 2. The van der Waals surface area contributed by atoms with E-state index in [4.69, 9.17) is 9.47 Å². The predicted octanol–water partition coefficient (Wildman–Crippen LogP) is 5.59. The zero-order valence-corrected chi connectivity index (χ0v) is 22.2. The van der Waals surface area contributed by atoms with Crippen LogP contribution in [0.15, 0.2) is 64.6 Å². The van der Waals surface area contributed by atoms with Crippen LogP contribution >= 0.6 is 15.9 Å². The van der Waals surface area contributed by atoms with Crippen molar-refractivity contribution < 1.29 is 24.2 Å². The van der Waals surface area contributed by atoms with Crippen LogP contribution in [0.1, 0.15) is 28.3 Å². The molecule has 0 saturated carbocycles. The van der Waals surface area contributed by atoms with Gasteiger partial charge in [0.25, 0.3) is 5.78 Å². The number of aromatic amines is 1. The number of anilines is 1. The molecule has 8 nitrogen and oxygen atoms in total. The first kappa shape index (κ1) is 24.6. The number of hydrogen-bond acceptors (Lipinski definition) is 6. The fourth-order valence-corrected chi connectivity index (χ4v) is 5.06. The van der Waals surface area contributed by atoms with Crippen LogP contribution in [0.3, 0.4) is 0 Å². The van der Waals surface area contributed by atoms with Gasteiger partial charge in [0.1, 0.15) is 17.3 Å². The smallest absolute Gasteiger partial charge is 0.302 e. The van der Waals surface area contributed by atoms with Crippen LogP contribution in [-0.2, 0) is 9.59 Å². The number of ether oxygens (including phenoxy) is 2. The molecule has 2 heterocycles. The first-order valence-electron chi connectivity index (χ1n) is 11.5. The van der Waals surface area contributed by atoms with E-state index in [-0.39, 0.29) is 17.3 Å². The van der Waals surface area contributed by atoms with E-state index in [2.05, 4.69) is 25.9 Å². The van der Waals surface area contributed by atoms with Crippen LogP contribution in [0.25, 0.3) is 16.8 Å². The van der Waals surface area contributed by atoms with Crippen molar-refractivity contribution in [2.24, 2.45) is 0 Å². The number of rotatable bonds is 5. The lowest BCUT2D eigenvalue weighted by Gasteiger charge is -2.23. The highest BCUT2D eigenvalue weighted by atomic mass is 79.9. The average molecular weight is 562 g/mol. The van der Waals surface area contributed by atoms with Crippen molar-refractivity contribution in [3.8, 4) is 11.5 Å². The van der Waals surface area contributed by atoms with E-state index in [9.17, 15) is 14.7 Å². The number of ketones is 1. The molecule has 1 aliphatic rings. The quantitative estimate of drug-likeness (QED) is 0.187. The van der Waals surface area contributed by atoms with E-state index in [1.165, 1.54) is 19.1 Å². The van der Waals surface area contributed by atoms with Gasteiger partial charge in [0.15, 0.2) is 0 Å². The second-order valence-electron chi connectivity index (χ2n) is 8.81. The first-order chi connectivity index (χ1) is 17.7. The van der Waals surface area contributed by atoms with Crippen LogP contribution in [0.5, 0.6) is 11.5 Å². The molecule has 1 fully saturated rings. The number of Topliss-reactive ketones (excluding diaryl/α,β-unsaturated/α-hetero) is 1. The molecule has 1 atom stereocenters. The minimum absolute atomic E-state index is 0.0527. The number of methoxy groups -OCH3 is 2. The highest BCUT2D eigenvalue weighted by Crippen LogP contribution is 2.43. The van der Waals surface area contributed by atoms with Crippen LogP contribution in [0.2, 0.25) is 0 Å². The number of halogens is 1. The first-order valence-corrected chi connectivity index (χ1v) is 12.3. The Morgan fingerprint density at radius 1 is 1.03 bits per heavy atom. The summed E-state index contributed by atoms with van der Waals surface area (Å²) in [4.78, 5) is 36.1. The summed E-state index contributed by atoms with van der Waals surface area (Å²) in [6.45, 7) is 3.98. The van der Waals surface area contributed by atoms with Crippen LogP contribution < -0.4 is 14.4 Å². The van der Waals surface area contributed by atoms with Crippen molar-refractivity contribution >= 4 is 50.4 Å². The van der Waals surface area contributed by atoms with Crippen molar-refractivity contribution in [1.82, 2.24) is 9.97 Å². The minimum atomic E-state index is -0.946. The standard InChI is InChI=1S/C28H24BrN3O5/c1-14-10-20-21(11-15(14)2)31-28(30-20)32-24(16-6-5-7-18(12-16)36-3)23(26(34)27(32)35)25(33)17-8-9-22(37-4)19(29)13-17/h5-13,24,33H,1-4H3,(H,30,31)/b25-23+. The van der Waals surface area contributed by atoms with Crippen molar-refractivity contribution in [2.75, 3.05) is 19.1 Å². The molecule has 188 valence electrons. The molecule has 0 bridgehead atoms. The molecule has 1 unspecified atom stereocenters. The van der Waals surface area contributed by atoms with Gasteiger partial charge in [-0.2, -0.15) is 0 Å². The molecule has 3 aromatic carbocycles. The summed E-state index contributed by atoms with van der Waals surface area (Å²) in [6.07, 6.45) is 0. The maximum absolute atomic E-state index is 13.5. The largest absolute Gasteiger partial charge is 0.507 e. The summed E-state index contributed by atoms with van der Waals surface area (Å²) in [5.74, 6) is -0.593. The van der Waals surface area contributed by atoms with Crippen molar-refractivity contribution in [3.05, 3.63) is 86.9 Å². The number of carbonyl (C=O) groups is 2. The number of aliphatic hydroxyl groups excluding tert-OH is 1. The Labute approximate surface area is 221 Å². The van der Waals surface area contributed by atoms with Crippen LogP contribution in [0, 0.1) is 13.8 Å². The Morgan fingerprint density at radius 3 is 2.49 bits per heavy atom. The molecule has 4 aromatic rings. The number of aromatic nitrogens is 2. The third kappa shape index (κ3) is 4.15. The molecule has 1 aromatic heterocycles. The fraction of sp³-hybridized carbons (Fsp3) is 0.179. The molecule has 9 heteroatoms. The second-order valence-corrected chi connectivity index (χ2v) is 9.66. The predicted molar refractivity (Wildman–Crippen MR) is 144 cm³/mol. The van der Waals surface area contributed by atoms with Gasteiger partial charge in [-0.1, -0.05) is 12.1 Å². The van der Waals surface area contributed by atoms with Crippen LogP contribution in [-0.4, -0.2) is 41.0 Å². The maximum Gasteiger partial charge on any atom is 0.302 e. The zero-order valence-electron chi connectivity index (χ0n) is 20.6. The van der Waals surface area contributed by atoms with E-state index in [1.807, 2.05) is 26.0 Å². The zero-order chi connectivity index (χ0) is 26.4. The van der Waals surface area contributed by atoms with Gasteiger partial charge >= 0.3 is 5.91 Å². The Hall–Kier alpha value is -4.11. The van der Waals surface area contributed by atoms with E-state index in [1.54, 1.807) is 42.5 Å². The highest BCUT2D eigenvalue weighted by Gasteiger charge is 2.48. The SMILES string of the molecule is COc1cccc(C2/C(=C(\O)c3ccc(OC)c(Br)c3)C(=O)C(=O)N2c2nc3cc(C)c(C)cc3[nH]2)c1. The van der Waals surface area contributed by atoms with Gasteiger partial charge in [-0.25, -0.2) is 4.98 Å². The second kappa shape index (κ2) is 9.40. The summed E-state index contributed by atoms with van der Waals surface area (Å²) in [5.41, 5.74) is 4.42. The number of H-pyrrole nitrogens is 1. The lowest BCUT2D eigenvalue weighted by Crippen LogP contribution is -2.30. The lowest BCUT2D eigenvalue weighted by molar-refractivity contribution is -0.132. The van der Waals surface area contributed by atoms with Gasteiger partial charge in [0, 0.05) is 5.56 Å². The number of hydrogen-bond donors (Lipinski definition) is 2. The Morgan fingerprint density at radius 2 is 1.78 bits per heavy atom. The third-order valence-electron chi connectivity index (χ3n) is 6.59. The number of fused-ring (bicyclic) bond motifs is 1. The number of benzene rings is 3. The van der Waals surface area contributed by atoms with Gasteiger partial charge < -0.3 is 19.6 Å². The number of aryl methyl sites for hydroxylation is 2. The molecular weight excluding hydrogens is 538 g/mol. The van der Waals surface area contributed by atoms with Gasteiger partial charge in [0.05, 0.1) is 41.3 Å². The van der Waals surface area contributed by atoms with Crippen molar-refractivity contribution in [3.63, 3.8) is 0 Å². The van der Waals surface area contributed by atoms with E-state index < -0.39 is 17.7 Å². The molecule has 37 heavy (non-hydrogen) atoms. The van der Waals surface area contributed by atoms with E-state index in [0.717, 1.165) is 16.6 Å². The monoisotopic (exact) mass is 561 g/mol. The molecule has 1 aliphatic heterocycles. The molecule has 2 N–H and O–H groups in total. The summed E-state index contributed by atoms with van der Waals surface area (Å²) in [7, 11) is 3.07. The Bertz CT molecular complexity index is 1570. The number of amides is 1. The van der Waals surface area contributed by atoms with E-state index >= 15 is 0 Å². The summed E-state index contributed by atoms with van der Waals surface area (Å²) in [5, 5.41) is 11.4. The maximum atomic E-state index is 13.5. The van der Waals surface area contributed by atoms with Gasteiger partial charge in [-0.3, -0.25) is 14.5 Å². The minimum Gasteiger partial charge on any atom is -0.507 e. The summed E-state index contributed by atoms with van der Waals surface area (Å²) >= 11 is 3.42. The van der Waals surface area contributed by atoms with Gasteiger partial charge in [-0.15, -0.1) is 0 Å². The topological polar surface area (TPSA) is 105 Å². The molecule has 1 saturated heterocycles. The molecule has 5 rings (SSSR count). The molecular formula is C28H24BrN3O5. The molecule has 0 spiro atoms. The molecule has 1 amide bonds. The summed E-state index contributed by atoms with van der Waals surface area (Å²) < 4.78 is 11.3. The van der Waals surface area contributed by atoms with Crippen LogP contribution in [0.4, 0.5) is 5.95 Å². The average Bonchev–Trinajstić information content (AvgIpc) is 3.41. The highest BCUT2D eigenvalue weighted by molar-refractivity contribution is 9.10. The lowest BCUT2D eigenvalue weighted by atomic mass is 9.95. The Balaban J connectivity index is 1.74. The fourth-order valence-electron chi connectivity index (χ4n) is 4.52. The van der Waals surface area contributed by atoms with Crippen molar-refractivity contribution in [2.45, 2.75) is 19.9 Å². The van der Waals surface area contributed by atoms with Gasteiger partial charge in [-0.05, 0) is 88.9 Å². The normalized spacial score (nSPS) is 17.0. The third-order valence-corrected chi connectivity index (χ3v) is 7.21. The number of aliphatic hydroxyl groups is 1. The number of carbonyl (C=O) groups excluding carboxylic acids is 2. The summed E-state index contributed by atoms with van der Waals surface area (Å²) in [6, 6.07) is 14.9. The van der Waals surface area contributed by atoms with Gasteiger partial charge in [0.2, 0.25) is 5.95 Å².